The molecule has 1 heterocycles. The average molecular weight is 292 g/mol. The van der Waals surface area contributed by atoms with Gasteiger partial charge in [-0.1, -0.05) is 13.3 Å². The molecule has 1 aromatic heterocycles. The molecule has 6 heteroatoms. The van der Waals surface area contributed by atoms with Crippen LogP contribution >= 0.6 is 0 Å². The smallest absolute Gasteiger partial charge is 0.254 e. The molecule has 0 aliphatic heterocycles. The van der Waals surface area contributed by atoms with Gasteiger partial charge in [-0.15, -0.1) is 0 Å². The second-order valence-electron chi connectivity index (χ2n) is 5.43. The van der Waals surface area contributed by atoms with Crippen molar-refractivity contribution in [3.8, 4) is 0 Å². The number of aromatic nitrogens is 1. The highest BCUT2D eigenvalue weighted by Crippen LogP contribution is 2.26. The summed E-state index contributed by atoms with van der Waals surface area (Å²) in [5.74, 6) is 5.89. The fourth-order valence-corrected chi connectivity index (χ4v) is 2.59. The molecule has 0 unspecified atom stereocenters. The number of carbonyl (C=O) groups excluding carboxylic acids is 1. The van der Waals surface area contributed by atoms with Crippen LogP contribution in [0.2, 0.25) is 0 Å². The maximum atomic E-state index is 12.7. The van der Waals surface area contributed by atoms with E-state index < -0.39 is 0 Å². The Morgan fingerprint density at radius 3 is 2.81 bits per heavy atom. The number of carbonyl (C=O) groups is 1. The zero-order valence-corrected chi connectivity index (χ0v) is 12.5. The largest absolute Gasteiger partial charge is 0.395 e. The predicted octanol–water partition coefficient (Wildman–Crippen LogP) is 1.31. The lowest BCUT2D eigenvalue weighted by Gasteiger charge is -2.37. The molecule has 4 N–H and O–H groups in total. The predicted molar refractivity (Wildman–Crippen MR) is 81.8 cm³/mol. The Labute approximate surface area is 125 Å². The van der Waals surface area contributed by atoms with E-state index in [-0.39, 0.29) is 18.6 Å². The van der Waals surface area contributed by atoms with E-state index in [9.17, 15) is 9.90 Å². The lowest BCUT2D eigenvalue weighted by molar-refractivity contribution is 0.0525. The van der Waals surface area contributed by atoms with Gasteiger partial charge in [0.25, 0.3) is 5.91 Å². The number of nitrogens with two attached hydrogens (primary N) is 1. The number of nitrogen functional groups attached to an aromatic ring is 1. The number of amides is 1. The molecule has 0 atom stereocenters. The monoisotopic (exact) mass is 292 g/mol. The zero-order valence-electron chi connectivity index (χ0n) is 12.5. The quantitative estimate of drug-likeness (QED) is 0.520. The van der Waals surface area contributed by atoms with Crippen molar-refractivity contribution in [1.82, 2.24) is 9.88 Å². The van der Waals surface area contributed by atoms with Crippen molar-refractivity contribution >= 4 is 11.7 Å². The first-order valence-corrected chi connectivity index (χ1v) is 7.59. The van der Waals surface area contributed by atoms with Crippen LogP contribution < -0.4 is 11.3 Å². The number of hydrogen-bond donors (Lipinski definition) is 3. The number of nitrogens with one attached hydrogen (secondary N) is 1. The molecule has 116 valence electrons. The fourth-order valence-electron chi connectivity index (χ4n) is 2.59. The van der Waals surface area contributed by atoms with Crippen molar-refractivity contribution in [3.63, 3.8) is 0 Å². The van der Waals surface area contributed by atoms with Crippen LogP contribution in [0.25, 0.3) is 0 Å². The first kappa shape index (κ1) is 15.7. The number of hydrogen-bond acceptors (Lipinski definition) is 5. The first-order valence-electron chi connectivity index (χ1n) is 7.59. The number of nitrogens with zero attached hydrogens (tertiary/aromatic N) is 2. The van der Waals surface area contributed by atoms with E-state index in [1.54, 1.807) is 11.0 Å². The molecule has 0 bridgehead atoms. The number of anilines is 1. The van der Waals surface area contributed by atoms with Gasteiger partial charge < -0.3 is 15.4 Å². The Morgan fingerprint density at radius 1 is 1.52 bits per heavy atom. The molecule has 1 aliphatic carbocycles. The molecule has 0 aromatic carbocycles. The molecule has 2 rings (SSSR count). The molecule has 1 fully saturated rings. The molecular formula is C15H24N4O2. The minimum absolute atomic E-state index is 0.0167. The Morgan fingerprint density at radius 2 is 2.29 bits per heavy atom. The Balaban J connectivity index is 2.24. The first-order chi connectivity index (χ1) is 10.2. The van der Waals surface area contributed by atoms with Gasteiger partial charge in [0, 0.05) is 23.8 Å². The summed E-state index contributed by atoms with van der Waals surface area (Å²) in [4.78, 5) is 18.8. The lowest BCUT2D eigenvalue weighted by Crippen LogP contribution is -2.45. The van der Waals surface area contributed by atoms with Gasteiger partial charge in [-0.2, -0.15) is 0 Å². The molecule has 1 aromatic rings. The molecular weight excluding hydrogens is 268 g/mol. The zero-order chi connectivity index (χ0) is 15.2. The summed E-state index contributed by atoms with van der Waals surface area (Å²) in [5, 5.41) is 9.20. The summed E-state index contributed by atoms with van der Waals surface area (Å²) in [5.41, 5.74) is 3.96. The second-order valence-corrected chi connectivity index (χ2v) is 5.43. The third-order valence-corrected chi connectivity index (χ3v) is 3.90. The molecule has 21 heavy (non-hydrogen) atoms. The summed E-state index contributed by atoms with van der Waals surface area (Å²) < 4.78 is 0. The molecule has 0 spiro atoms. The number of hydrazine groups is 1. The number of aliphatic hydroxyl groups excluding tert-OH is 1. The molecule has 1 saturated carbocycles. The number of aliphatic hydroxyl groups is 1. The molecule has 1 amide bonds. The van der Waals surface area contributed by atoms with E-state index in [2.05, 4.69) is 17.3 Å². The van der Waals surface area contributed by atoms with Crippen LogP contribution in [0.4, 0.5) is 5.82 Å². The van der Waals surface area contributed by atoms with Crippen molar-refractivity contribution in [2.75, 3.05) is 18.6 Å². The van der Waals surface area contributed by atoms with Crippen molar-refractivity contribution in [2.45, 2.75) is 45.1 Å². The van der Waals surface area contributed by atoms with Crippen LogP contribution in [-0.2, 0) is 6.42 Å². The third kappa shape index (κ3) is 3.71. The van der Waals surface area contributed by atoms with Crippen LogP contribution in [0, 0.1) is 0 Å². The van der Waals surface area contributed by atoms with Gasteiger partial charge in [0.05, 0.1) is 6.61 Å². The van der Waals surface area contributed by atoms with E-state index in [0.717, 1.165) is 37.8 Å². The maximum absolute atomic E-state index is 12.7. The molecule has 1 aliphatic rings. The van der Waals surface area contributed by atoms with E-state index in [0.29, 0.717) is 17.9 Å². The highest BCUT2D eigenvalue weighted by atomic mass is 16.3. The molecule has 0 radical (unpaired) electrons. The third-order valence-electron chi connectivity index (χ3n) is 3.90. The SMILES string of the molecule is CCCc1cc(C(=O)N(CCO)C2CCC2)cc(NN)n1. The van der Waals surface area contributed by atoms with Crippen LogP contribution in [-0.4, -0.2) is 40.1 Å². The van der Waals surface area contributed by atoms with E-state index in [1.165, 1.54) is 0 Å². The average Bonchev–Trinajstić information content (AvgIpc) is 2.44. The van der Waals surface area contributed by atoms with Crippen molar-refractivity contribution in [1.29, 1.82) is 0 Å². The van der Waals surface area contributed by atoms with Gasteiger partial charge >= 0.3 is 0 Å². The normalized spacial score (nSPS) is 14.6. The number of aryl methyl sites for hydroxylation is 1. The van der Waals surface area contributed by atoms with Gasteiger partial charge in [-0.05, 0) is 37.8 Å². The van der Waals surface area contributed by atoms with Crippen molar-refractivity contribution in [3.05, 3.63) is 23.4 Å². The molecule has 6 nitrogen and oxygen atoms in total. The Bertz CT molecular complexity index is 489. The lowest BCUT2D eigenvalue weighted by atomic mass is 9.91. The topological polar surface area (TPSA) is 91.5 Å². The highest BCUT2D eigenvalue weighted by Gasteiger charge is 2.29. The fraction of sp³-hybridized carbons (Fsp3) is 0.600. The van der Waals surface area contributed by atoms with Gasteiger partial charge in [0.15, 0.2) is 0 Å². The number of pyridine rings is 1. The van der Waals surface area contributed by atoms with E-state index in [4.69, 9.17) is 5.84 Å². The number of rotatable bonds is 7. The highest BCUT2D eigenvalue weighted by molar-refractivity contribution is 5.95. The second kappa shape index (κ2) is 7.38. The van der Waals surface area contributed by atoms with Crippen LogP contribution in [0.5, 0.6) is 0 Å². The van der Waals surface area contributed by atoms with Gasteiger partial charge in [0.2, 0.25) is 0 Å². The van der Waals surface area contributed by atoms with E-state index in [1.807, 2.05) is 6.07 Å². The van der Waals surface area contributed by atoms with Gasteiger partial charge in [-0.3, -0.25) is 4.79 Å². The standard InChI is InChI=1S/C15H24N4O2/c1-2-4-12-9-11(10-14(17-12)18-16)15(21)19(7-8-20)13-5-3-6-13/h9-10,13,20H,2-8,16H2,1H3,(H,17,18). The summed E-state index contributed by atoms with van der Waals surface area (Å²) >= 11 is 0. The summed E-state index contributed by atoms with van der Waals surface area (Å²) in [6.07, 6.45) is 4.94. The van der Waals surface area contributed by atoms with Crippen molar-refractivity contribution < 1.29 is 9.90 Å². The molecule has 0 saturated heterocycles. The Kier molecular flexibility index (Phi) is 5.52. The summed E-state index contributed by atoms with van der Waals surface area (Å²) in [6, 6.07) is 3.75. The van der Waals surface area contributed by atoms with Gasteiger partial charge in [0.1, 0.15) is 5.82 Å². The van der Waals surface area contributed by atoms with Crippen LogP contribution in [0.15, 0.2) is 12.1 Å². The van der Waals surface area contributed by atoms with Crippen molar-refractivity contribution in [2.24, 2.45) is 5.84 Å². The minimum Gasteiger partial charge on any atom is -0.395 e. The van der Waals surface area contributed by atoms with Crippen LogP contribution in [0.1, 0.15) is 48.7 Å². The van der Waals surface area contributed by atoms with E-state index >= 15 is 0 Å². The van der Waals surface area contributed by atoms with Crippen LogP contribution in [0.3, 0.4) is 0 Å². The maximum Gasteiger partial charge on any atom is 0.254 e. The summed E-state index contributed by atoms with van der Waals surface area (Å²) in [7, 11) is 0. The summed E-state index contributed by atoms with van der Waals surface area (Å²) in [6.45, 7) is 2.43. The Hall–Kier alpha value is -1.66. The van der Waals surface area contributed by atoms with Gasteiger partial charge in [-0.25, -0.2) is 10.8 Å². The minimum atomic E-state index is -0.0509.